The van der Waals surface area contributed by atoms with E-state index < -0.39 is 0 Å². The highest BCUT2D eigenvalue weighted by Crippen LogP contribution is 2.22. The maximum Gasteiger partial charge on any atom is 0.106 e. The maximum absolute atomic E-state index is 4.54. The Kier molecular flexibility index (Phi) is 1.67. The van der Waals surface area contributed by atoms with Crippen molar-refractivity contribution in [3.05, 3.63) is 23.8 Å². The SMILES string of the molecule is Cc1nc2cc3c(cc2n1C)nc(C)n3C. The first-order valence-electron chi connectivity index (χ1n) is 5.34. The predicted octanol–water partition coefficient (Wildman–Crippen LogP) is 2.08. The Morgan fingerprint density at radius 2 is 1.19 bits per heavy atom. The number of fused-ring (bicyclic) bond motifs is 2. The largest absolute Gasteiger partial charge is 0.331 e. The van der Waals surface area contributed by atoms with E-state index in [4.69, 9.17) is 0 Å². The van der Waals surface area contributed by atoms with Gasteiger partial charge >= 0.3 is 0 Å². The number of hydrogen-bond donors (Lipinski definition) is 0. The van der Waals surface area contributed by atoms with Gasteiger partial charge in [-0.2, -0.15) is 0 Å². The Bertz CT molecular complexity index is 641. The lowest BCUT2D eigenvalue weighted by Crippen LogP contribution is -1.90. The van der Waals surface area contributed by atoms with Crippen LogP contribution in [0.3, 0.4) is 0 Å². The average molecular weight is 214 g/mol. The second-order valence-corrected chi connectivity index (χ2v) is 4.27. The molecule has 0 spiro atoms. The second-order valence-electron chi connectivity index (χ2n) is 4.27. The molecule has 4 nitrogen and oxygen atoms in total. The molecule has 2 heterocycles. The number of hydrogen-bond acceptors (Lipinski definition) is 2. The first-order valence-corrected chi connectivity index (χ1v) is 5.34. The molecule has 0 atom stereocenters. The normalized spacial score (nSPS) is 11.8. The van der Waals surface area contributed by atoms with Gasteiger partial charge in [-0.3, -0.25) is 0 Å². The fraction of sp³-hybridized carbons (Fsp3) is 0.333. The van der Waals surface area contributed by atoms with Crippen LogP contribution in [0.2, 0.25) is 0 Å². The van der Waals surface area contributed by atoms with Gasteiger partial charge in [-0.25, -0.2) is 9.97 Å². The van der Waals surface area contributed by atoms with Crippen LogP contribution >= 0.6 is 0 Å². The molecule has 3 rings (SSSR count). The Morgan fingerprint density at radius 3 is 1.56 bits per heavy atom. The molecule has 0 amide bonds. The lowest BCUT2D eigenvalue weighted by molar-refractivity contribution is 0.884. The van der Waals surface area contributed by atoms with E-state index in [2.05, 4.69) is 31.2 Å². The number of benzene rings is 1. The molecule has 0 aliphatic rings. The maximum atomic E-state index is 4.54. The Labute approximate surface area is 93.5 Å². The summed E-state index contributed by atoms with van der Waals surface area (Å²) in [7, 11) is 4.07. The zero-order valence-corrected chi connectivity index (χ0v) is 9.94. The van der Waals surface area contributed by atoms with Crippen LogP contribution in [0.1, 0.15) is 11.6 Å². The quantitative estimate of drug-likeness (QED) is 0.574. The standard InChI is InChI=1S/C12H14N4/c1-7-13-9-5-12-10(6-11(9)15(7)3)14-8(2)16(12)4/h5-6H,1-4H3. The summed E-state index contributed by atoms with van der Waals surface area (Å²) < 4.78 is 4.19. The smallest absolute Gasteiger partial charge is 0.106 e. The molecular weight excluding hydrogens is 200 g/mol. The highest BCUT2D eigenvalue weighted by atomic mass is 15.1. The van der Waals surface area contributed by atoms with Gasteiger partial charge in [0.25, 0.3) is 0 Å². The van der Waals surface area contributed by atoms with Gasteiger partial charge in [-0.15, -0.1) is 0 Å². The van der Waals surface area contributed by atoms with Gasteiger partial charge in [0, 0.05) is 14.1 Å². The minimum Gasteiger partial charge on any atom is -0.331 e. The molecule has 0 radical (unpaired) electrons. The molecule has 0 fully saturated rings. The van der Waals surface area contributed by atoms with Gasteiger partial charge in [0.05, 0.1) is 22.1 Å². The Morgan fingerprint density at radius 1 is 0.812 bits per heavy atom. The second kappa shape index (κ2) is 2.84. The summed E-state index contributed by atoms with van der Waals surface area (Å²) in [5.41, 5.74) is 4.36. The summed E-state index contributed by atoms with van der Waals surface area (Å²) in [6.07, 6.45) is 0. The zero-order valence-electron chi connectivity index (χ0n) is 9.94. The van der Waals surface area contributed by atoms with Crippen molar-refractivity contribution in [2.24, 2.45) is 14.1 Å². The molecule has 0 saturated carbocycles. The minimum absolute atomic E-state index is 1.03. The van der Waals surface area contributed by atoms with Crippen molar-refractivity contribution in [2.45, 2.75) is 13.8 Å². The van der Waals surface area contributed by atoms with Crippen LogP contribution in [0.25, 0.3) is 22.1 Å². The van der Waals surface area contributed by atoms with E-state index in [9.17, 15) is 0 Å². The first kappa shape index (κ1) is 9.39. The molecule has 0 N–H and O–H groups in total. The van der Waals surface area contributed by atoms with E-state index in [0.29, 0.717) is 0 Å². The number of rotatable bonds is 0. The minimum atomic E-state index is 1.03. The molecule has 0 aliphatic carbocycles. The van der Waals surface area contributed by atoms with Gasteiger partial charge in [0.15, 0.2) is 0 Å². The predicted molar refractivity (Wildman–Crippen MR) is 64.5 cm³/mol. The summed E-state index contributed by atoms with van der Waals surface area (Å²) in [6.45, 7) is 4.03. The number of nitrogens with zero attached hydrogens (tertiary/aromatic N) is 4. The third-order valence-electron chi connectivity index (χ3n) is 3.33. The molecule has 0 aliphatic heterocycles. The summed E-state index contributed by atoms with van der Waals surface area (Å²) in [6, 6.07) is 4.22. The molecular formula is C12H14N4. The van der Waals surface area contributed by atoms with Crippen LogP contribution in [0.15, 0.2) is 12.1 Å². The first-order chi connectivity index (χ1) is 7.58. The van der Waals surface area contributed by atoms with Crippen molar-refractivity contribution in [1.82, 2.24) is 19.1 Å². The van der Waals surface area contributed by atoms with E-state index in [1.54, 1.807) is 0 Å². The molecule has 2 aromatic heterocycles. The van der Waals surface area contributed by atoms with Gasteiger partial charge in [0.1, 0.15) is 11.6 Å². The van der Waals surface area contributed by atoms with Crippen molar-refractivity contribution in [1.29, 1.82) is 0 Å². The third-order valence-corrected chi connectivity index (χ3v) is 3.33. The van der Waals surface area contributed by atoms with Crippen molar-refractivity contribution in [3.8, 4) is 0 Å². The summed E-state index contributed by atoms with van der Waals surface area (Å²) in [4.78, 5) is 9.07. The van der Waals surface area contributed by atoms with Gasteiger partial charge in [0.2, 0.25) is 0 Å². The average Bonchev–Trinajstić information content (AvgIpc) is 2.67. The van der Waals surface area contributed by atoms with Crippen molar-refractivity contribution in [2.75, 3.05) is 0 Å². The lowest BCUT2D eigenvalue weighted by atomic mass is 10.2. The summed E-state index contributed by atoms with van der Waals surface area (Å²) >= 11 is 0. The Hall–Kier alpha value is -1.84. The number of imidazole rings is 2. The fourth-order valence-electron chi connectivity index (χ4n) is 2.12. The van der Waals surface area contributed by atoms with Gasteiger partial charge in [-0.05, 0) is 26.0 Å². The molecule has 0 bridgehead atoms. The molecule has 16 heavy (non-hydrogen) atoms. The van der Waals surface area contributed by atoms with Crippen LogP contribution in [0, 0.1) is 13.8 Å². The van der Waals surface area contributed by atoms with E-state index in [-0.39, 0.29) is 0 Å². The van der Waals surface area contributed by atoms with E-state index >= 15 is 0 Å². The monoisotopic (exact) mass is 214 g/mol. The van der Waals surface area contributed by atoms with Crippen molar-refractivity contribution >= 4 is 22.1 Å². The molecule has 0 saturated heterocycles. The highest BCUT2D eigenvalue weighted by Gasteiger charge is 2.09. The van der Waals surface area contributed by atoms with Gasteiger partial charge < -0.3 is 9.13 Å². The summed E-state index contributed by atoms with van der Waals surface area (Å²) in [5, 5.41) is 0. The van der Waals surface area contributed by atoms with E-state index in [1.165, 1.54) is 0 Å². The van der Waals surface area contributed by atoms with Crippen molar-refractivity contribution in [3.63, 3.8) is 0 Å². The number of aryl methyl sites for hydroxylation is 4. The topological polar surface area (TPSA) is 35.6 Å². The van der Waals surface area contributed by atoms with Crippen molar-refractivity contribution < 1.29 is 0 Å². The van der Waals surface area contributed by atoms with Crippen LogP contribution in [0.5, 0.6) is 0 Å². The van der Waals surface area contributed by atoms with Crippen LogP contribution in [-0.4, -0.2) is 19.1 Å². The third kappa shape index (κ3) is 1.04. The number of aromatic nitrogens is 4. The summed E-state index contributed by atoms with van der Waals surface area (Å²) in [5.74, 6) is 2.06. The van der Waals surface area contributed by atoms with E-state index in [0.717, 1.165) is 33.7 Å². The molecule has 4 heteroatoms. The highest BCUT2D eigenvalue weighted by molar-refractivity contribution is 5.92. The zero-order chi connectivity index (χ0) is 11.4. The van der Waals surface area contributed by atoms with Crippen LogP contribution in [-0.2, 0) is 14.1 Å². The fourth-order valence-corrected chi connectivity index (χ4v) is 2.12. The van der Waals surface area contributed by atoms with E-state index in [1.807, 2.05) is 27.9 Å². The molecule has 3 aromatic rings. The molecule has 1 aromatic carbocycles. The van der Waals surface area contributed by atoms with Gasteiger partial charge in [-0.1, -0.05) is 0 Å². The van der Waals surface area contributed by atoms with Crippen LogP contribution < -0.4 is 0 Å². The van der Waals surface area contributed by atoms with Crippen LogP contribution in [0.4, 0.5) is 0 Å². The lowest BCUT2D eigenvalue weighted by Gasteiger charge is -1.97. The molecule has 0 unspecified atom stereocenters. The molecule has 82 valence electrons. The Balaban J connectivity index is 2.52.